The Morgan fingerprint density at radius 3 is 2.57 bits per heavy atom. The maximum Gasteiger partial charge on any atom is 0.321 e. The van der Waals surface area contributed by atoms with Crippen LogP contribution in [0.2, 0.25) is 0 Å². The molecule has 0 aromatic heterocycles. The summed E-state index contributed by atoms with van der Waals surface area (Å²) >= 11 is 0. The quantitative estimate of drug-likeness (QED) is 0.766. The first-order valence-corrected chi connectivity index (χ1v) is 8.23. The number of hydrogen-bond donors (Lipinski definition) is 1. The van der Waals surface area contributed by atoms with Gasteiger partial charge in [0.2, 0.25) is 10.0 Å². The van der Waals surface area contributed by atoms with Gasteiger partial charge in [-0.15, -0.1) is 0 Å². The number of nitrogens with two attached hydrogens (primary N) is 1. The molecule has 0 aliphatic heterocycles. The van der Waals surface area contributed by atoms with Crippen LogP contribution in [0.25, 0.3) is 0 Å². The van der Waals surface area contributed by atoms with Gasteiger partial charge in [0.15, 0.2) is 0 Å². The summed E-state index contributed by atoms with van der Waals surface area (Å²) < 4.78 is 30.7. The van der Waals surface area contributed by atoms with E-state index in [-0.39, 0.29) is 24.0 Å². The van der Waals surface area contributed by atoms with E-state index in [2.05, 4.69) is 4.74 Å². The van der Waals surface area contributed by atoms with Crippen molar-refractivity contribution in [1.29, 1.82) is 0 Å². The Morgan fingerprint density at radius 1 is 1.38 bits per heavy atom. The Kier molecular flexibility index (Phi) is 6.32. The van der Waals surface area contributed by atoms with Gasteiger partial charge in [0.1, 0.15) is 6.54 Å². The van der Waals surface area contributed by atoms with E-state index < -0.39 is 16.0 Å². The monoisotopic (exact) mass is 314 g/mol. The fourth-order valence-electron chi connectivity index (χ4n) is 1.87. The molecular formula is C14H22N2O4S. The topological polar surface area (TPSA) is 89.7 Å². The van der Waals surface area contributed by atoms with Crippen LogP contribution in [0.15, 0.2) is 29.2 Å². The molecule has 0 heterocycles. The lowest BCUT2D eigenvalue weighted by molar-refractivity contribution is -0.140. The molecular weight excluding hydrogens is 292 g/mol. The molecule has 118 valence electrons. The summed E-state index contributed by atoms with van der Waals surface area (Å²) in [5.41, 5.74) is 6.69. The Morgan fingerprint density at radius 2 is 2.05 bits per heavy atom. The second kappa shape index (κ2) is 7.53. The molecule has 1 atom stereocenters. The summed E-state index contributed by atoms with van der Waals surface area (Å²) in [6.45, 7) is 3.48. The third-order valence-electron chi connectivity index (χ3n) is 3.25. The summed E-state index contributed by atoms with van der Waals surface area (Å²) in [6.07, 6.45) is 0.711. The molecule has 1 aromatic carbocycles. The van der Waals surface area contributed by atoms with Crippen molar-refractivity contribution in [3.05, 3.63) is 29.8 Å². The highest BCUT2D eigenvalue weighted by molar-refractivity contribution is 7.89. The highest BCUT2D eigenvalue weighted by Gasteiger charge is 2.26. The average molecular weight is 314 g/mol. The minimum absolute atomic E-state index is 0.134. The van der Waals surface area contributed by atoms with Crippen LogP contribution in [0.5, 0.6) is 0 Å². The van der Waals surface area contributed by atoms with E-state index in [1.807, 2.05) is 6.92 Å². The third-order valence-corrected chi connectivity index (χ3v) is 5.17. The van der Waals surface area contributed by atoms with Crippen molar-refractivity contribution in [3.63, 3.8) is 0 Å². The second-order valence-electron chi connectivity index (χ2n) is 4.59. The van der Waals surface area contributed by atoms with E-state index in [4.69, 9.17) is 5.73 Å². The summed E-state index contributed by atoms with van der Waals surface area (Å²) in [5.74, 6) is -0.596. The molecule has 6 nitrogen and oxygen atoms in total. The van der Waals surface area contributed by atoms with Gasteiger partial charge in [-0.25, -0.2) is 8.42 Å². The number of rotatable bonds is 7. The number of methoxy groups -OCH3 is 1. The lowest BCUT2D eigenvalue weighted by Gasteiger charge is -2.20. The van der Waals surface area contributed by atoms with E-state index in [1.165, 1.54) is 13.2 Å². The predicted molar refractivity (Wildman–Crippen MR) is 80.1 cm³/mol. The molecule has 0 aliphatic rings. The number of esters is 1. The Labute approximate surface area is 125 Å². The van der Waals surface area contributed by atoms with Crippen molar-refractivity contribution in [2.24, 2.45) is 5.73 Å². The molecule has 0 saturated carbocycles. The predicted octanol–water partition coefficient (Wildman–Crippen LogP) is 1.28. The highest BCUT2D eigenvalue weighted by atomic mass is 32.2. The maximum absolute atomic E-state index is 12.6. The molecule has 0 fully saturated rings. The van der Waals surface area contributed by atoms with Crippen LogP contribution < -0.4 is 5.73 Å². The SMILES string of the molecule is CCC(N)c1cccc(S(=O)(=O)N(CC)CC(=O)OC)c1. The zero-order valence-electron chi connectivity index (χ0n) is 12.6. The number of carbonyl (C=O) groups is 1. The summed E-state index contributed by atoms with van der Waals surface area (Å²) in [4.78, 5) is 11.5. The molecule has 0 saturated heterocycles. The number of carbonyl (C=O) groups excluding carboxylic acids is 1. The van der Waals surface area contributed by atoms with E-state index in [0.29, 0.717) is 6.42 Å². The molecule has 0 amide bonds. The van der Waals surface area contributed by atoms with Crippen molar-refractivity contribution in [3.8, 4) is 0 Å². The molecule has 0 radical (unpaired) electrons. The molecule has 0 aliphatic carbocycles. The van der Waals surface area contributed by atoms with Gasteiger partial charge < -0.3 is 10.5 Å². The zero-order chi connectivity index (χ0) is 16.0. The van der Waals surface area contributed by atoms with Gasteiger partial charge in [-0.2, -0.15) is 4.31 Å². The van der Waals surface area contributed by atoms with E-state index >= 15 is 0 Å². The molecule has 21 heavy (non-hydrogen) atoms. The number of benzene rings is 1. The van der Waals surface area contributed by atoms with E-state index in [0.717, 1.165) is 9.87 Å². The molecule has 1 rings (SSSR count). The molecule has 1 unspecified atom stereocenters. The Balaban J connectivity index is 3.14. The van der Waals surface area contributed by atoms with Crippen molar-refractivity contribution in [1.82, 2.24) is 4.31 Å². The number of hydrogen-bond acceptors (Lipinski definition) is 5. The third kappa shape index (κ3) is 4.26. The largest absolute Gasteiger partial charge is 0.468 e. The van der Waals surface area contributed by atoms with Crippen LogP contribution >= 0.6 is 0 Å². The van der Waals surface area contributed by atoms with Gasteiger partial charge in [-0.1, -0.05) is 26.0 Å². The zero-order valence-corrected chi connectivity index (χ0v) is 13.4. The molecule has 1 aromatic rings. The number of likely N-dealkylation sites (N-methyl/N-ethyl adjacent to an activating group) is 1. The fraction of sp³-hybridized carbons (Fsp3) is 0.500. The normalized spacial score (nSPS) is 13.2. The van der Waals surface area contributed by atoms with E-state index in [9.17, 15) is 13.2 Å². The summed E-state index contributed by atoms with van der Waals surface area (Å²) in [6, 6.07) is 6.30. The van der Waals surface area contributed by atoms with Crippen LogP contribution in [-0.4, -0.2) is 38.9 Å². The van der Waals surface area contributed by atoms with E-state index in [1.54, 1.807) is 25.1 Å². The van der Waals surface area contributed by atoms with Crippen molar-refractivity contribution in [2.75, 3.05) is 20.2 Å². The Bertz CT molecular complexity index is 586. The first-order chi connectivity index (χ1) is 9.86. The van der Waals surface area contributed by atoms with Gasteiger partial charge in [-0.05, 0) is 24.1 Å². The highest BCUT2D eigenvalue weighted by Crippen LogP contribution is 2.21. The number of nitrogens with zero attached hydrogens (tertiary/aromatic N) is 1. The molecule has 2 N–H and O–H groups in total. The van der Waals surface area contributed by atoms with Crippen molar-refractivity contribution < 1.29 is 17.9 Å². The number of ether oxygens (including phenoxy) is 1. The summed E-state index contributed by atoms with van der Waals surface area (Å²) in [5, 5.41) is 0. The fourth-order valence-corrected chi connectivity index (χ4v) is 3.31. The van der Waals surface area contributed by atoms with Crippen LogP contribution in [0.3, 0.4) is 0 Å². The molecule has 0 spiro atoms. The van der Waals surface area contributed by atoms with Gasteiger partial charge >= 0.3 is 5.97 Å². The first-order valence-electron chi connectivity index (χ1n) is 6.79. The first kappa shape index (κ1) is 17.6. The number of sulfonamides is 1. The Hall–Kier alpha value is -1.44. The van der Waals surface area contributed by atoms with Gasteiger partial charge in [0.25, 0.3) is 0 Å². The van der Waals surface area contributed by atoms with Crippen LogP contribution in [0, 0.1) is 0 Å². The molecule has 7 heteroatoms. The standard InChI is InChI=1S/C14H22N2O4S/c1-4-13(15)11-7-6-8-12(9-11)21(18,19)16(5-2)10-14(17)20-3/h6-9,13H,4-5,10,15H2,1-3H3. The van der Waals surface area contributed by atoms with Crippen molar-refractivity contribution >= 4 is 16.0 Å². The smallest absolute Gasteiger partial charge is 0.321 e. The van der Waals surface area contributed by atoms with Crippen LogP contribution in [0.4, 0.5) is 0 Å². The lowest BCUT2D eigenvalue weighted by atomic mass is 10.1. The maximum atomic E-state index is 12.6. The van der Waals surface area contributed by atoms with Gasteiger partial charge in [0, 0.05) is 12.6 Å². The van der Waals surface area contributed by atoms with Crippen molar-refractivity contribution in [2.45, 2.75) is 31.2 Å². The van der Waals surface area contributed by atoms with Gasteiger partial charge in [0.05, 0.1) is 12.0 Å². The minimum atomic E-state index is -3.74. The lowest BCUT2D eigenvalue weighted by Crippen LogP contribution is -2.36. The molecule has 0 bridgehead atoms. The van der Waals surface area contributed by atoms with Crippen LogP contribution in [-0.2, 0) is 19.6 Å². The summed E-state index contributed by atoms with van der Waals surface area (Å²) in [7, 11) is -2.52. The van der Waals surface area contributed by atoms with Crippen LogP contribution in [0.1, 0.15) is 31.9 Å². The minimum Gasteiger partial charge on any atom is -0.468 e. The van der Waals surface area contributed by atoms with Gasteiger partial charge in [-0.3, -0.25) is 4.79 Å². The average Bonchev–Trinajstić information content (AvgIpc) is 2.51. The second-order valence-corrected chi connectivity index (χ2v) is 6.53.